The van der Waals surface area contributed by atoms with Gasteiger partial charge in [-0.3, -0.25) is 0 Å². The summed E-state index contributed by atoms with van der Waals surface area (Å²) in [5, 5.41) is 3.25. The van der Waals surface area contributed by atoms with E-state index in [9.17, 15) is 0 Å². The topological polar surface area (TPSA) is 47.3 Å². The number of rotatable bonds is 5. The lowest BCUT2D eigenvalue weighted by Crippen LogP contribution is -2.18. The number of methoxy groups -OCH3 is 1. The first-order valence-electron chi connectivity index (χ1n) is 4.37. The van der Waals surface area contributed by atoms with E-state index < -0.39 is 0 Å². The highest BCUT2D eigenvalue weighted by molar-refractivity contribution is 5.40. The van der Waals surface area contributed by atoms with Crippen LogP contribution < -0.4 is 11.1 Å². The highest BCUT2D eigenvalue weighted by Crippen LogP contribution is 2.05. The van der Waals surface area contributed by atoms with E-state index in [1.54, 1.807) is 7.11 Å². The number of benzene rings is 1. The molecular weight excluding hydrogens is 164 g/mol. The van der Waals surface area contributed by atoms with Crippen LogP contribution in [0.3, 0.4) is 0 Å². The largest absolute Gasteiger partial charge is 0.399 e. The third-order valence-corrected chi connectivity index (χ3v) is 1.76. The van der Waals surface area contributed by atoms with Gasteiger partial charge in [0.05, 0.1) is 6.61 Å². The average molecular weight is 180 g/mol. The van der Waals surface area contributed by atoms with Gasteiger partial charge >= 0.3 is 0 Å². The van der Waals surface area contributed by atoms with Gasteiger partial charge in [-0.05, 0) is 17.7 Å². The van der Waals surface area contributed by atoms with Gasteiger partial charge in [0.1, 0.15) is 0 Å². The predicted molar refractivity (Wildman–Crippen MR) is 54.4 cm³/mol. The van der Waals surface area contributed by atoms with Gasteiger partial charge in [0.2, 0.25) is 0 Å². The lowest BCUT2D eigenvalue weighted by molar-refractivity contribution is 0.199. The third kappa shape index (κ3) is 3.92. The van der Waals surface area contributed by atoms with Gasteiger partial charge in [0.15, 0.2) is 0 Å². The van der Waals surface area contributed by atoms with Crippen molar-refractivity contribution in [1.82, 2.24) is 5.32 Å². The fourth-order valence-electron chi connectivity index (χ4n) is 1.11. The Kier molecular flexibility index (Phi) is 4.29. The molecule has 0 saturated carbocycles. The van der Waals surface area contributed by atoms with Crippen LogP contribution in [0.4, 0.5) is 5.69 Å². The minimum Gasteiger partial charge on any atom is -0.399 e. The van der Waals surface area contributed by atoms with Gasteiger partial charge in [-0.15, -0.1) is 0 Å². The number of anilines is 1. The van der Waals surface area contributed by atoms with Gasteiger partial charge in [0.25, 0.3) is 0 Å². The summed E-state index contributed by atoms with van der Waals surface area (Å²) in [5.41, 5.74) is 7.65. The summed E-state index contributed by atoms with van der Waals surface area (Å²) in [4.78, 5) is 0. The Morgan fingerprint density at radius 2 is 2.31 bits per heavy atom. The zero-order valence-electron chi connectivity index (χ0n) is 7.92. The number of hydrogen-bond donors (Lipinski definition) is 2. The molecule has 1 aromatic rings. The molecule has 0 saturated heterocycles. The molecule has 0 aromatic heterocycles. The van der Waals surface area contributed by atoms with Crippen molar-refractivity contribution in [3.8, 4) is 0 Å². The summed E-state index contributed by atoms with van der Waals surface area (Å²) in [5.74, 6) is 0. The minimum atomic E-state index is 0.738. The van der Waals surface area contributed by atoms with Gasteiger partial charge < -0.3 is 15.8 Å². The maximum absolute atomic E-state index is 5.64. The molecule has 3 heteroatoms. The van der Waals surface area contributed by atoms with Crippen molar-refractivity contribution in [3.63, 3.8) is 0 Å². The molecule has 1 rings (SSSR count). The Morgan fingerprint density at radius 3 is 3.00 bits per heavy atom. The Morgan fingerprint density at radius 1 is 1.46 bits per heavy atom. The fraction of sp³-hybridized carbons (Fsp3) is 0.400. The second-order valence-electron chi connectivity index (χ2n) is 2.91. The van der Waals surface area contributed by atoms with Crippen LogP contribution in [0.1, 0.15) is 5.56 Å². The van der Waals surface area contributed by atoms with Crippen LogP contribution in [-0.4, -0.2) is 20.3 Å². The van der Waals surface area contributed by atoms with Crippen molar-refractivity contribution < 1.29 is 4.74 Å². The Bertz CT molecular complexity index is 250. The van der Waals surface area contributed by atoms with Gasteiger partial charge in [-0.2, -0.15) is 0 Å². The highest BCUT2D eigenvalue weighted by Gasteiger charge is 1.92. The summed E-state index contributed by atoms with van der Waals surface area (Å²) in [6, 6.07) is 7.87. The fourth-order valence-corrected chi connectivity index (χ4v) is 1.11. The third-order valence-electron chi connectivity index (χ3n) is 1.76. The van der Waals surface area contributed by atoms with E-state index >= 15 is 0 Å². The van der Waals surface area contributed by atoms with E-state index in [-0.39, 0.29) is 0 Å². The smallest absolute Gasteiger partial charge is 0.0587 e. The molecule has 0 unspecified atom stereocenters. The molecule has 0 spiro atoms. The van der Waals surface area contributed by atoms with E-state index in [4.69, 9.17) is 10.5 Å². The van der Waals surface area contributed by atoms with Crippen LogP contribution in [0.25, 0.3) is 0 Å². The van der Waals surface area contributed by atoms with Crippen molar-refractivity contribution in [1.29, 1.82) is 0 Å². The van der Waals surface area contributed by atoms with Crippen LogP contribution in [-0.2, 0) is 11.3 Å². The van der Waals surface area contributed by atoms with Gasteiger partial charge in [0, 0.05) is 25.9 Å². The predicted octanol–water partition coefficient (Wildman–Crippen LogP) is 1.00. The lowest BCUT2D eigenvalue weighted by atomic mass is 10.2. The summed E-state index contributed by atoms with van der Waals surface area (Å²) in [6.45, 7) is 2.45. The van der Waals surface area contributed by atoms with Crippen molar-refractivity contribution in [2.45, 2.75) is 6.54 Å². The van der Waals surface area contributed by atoms with Crippen LogP contribution in [0, 0.1) is 0 Å². The molecule has 0 aliphatic heterocycles. The molecule has 1 aromatic carbocycles. The molecule has 0 radical (unpaired) electrons. The van der Waals surface area contributed by atoms with Gasteiger partial charge in [-0.1, -0.05) is 12.1 Å². The molecule has 0 aliphatic carbocycles. The molecule has 0 bridgehead atoms. The number of nitrogen functional groups attached to an aromatic ring is 1. The highest BCUT2D eigenvalue weighted by atomic mass is 16.5. The van der Waals surface area contributed by atoms with Crippen molar-refractivity contribution in [2.75, 3.05) is 26.0 Å². The number of nitrogens with two attached hydrogens (primary N) is 1. The van der Waals surface area contributed by atoms with Crippen LogP contribution >= 0.6 is 0 Å². The average Bonchev–Trinajstić information content (AvgIpc) is 2.13. The molecule has 0 aliphatic rings. The van der Waals surface area contributed by atoms with E-state index in [0.29, 0.717) is 0 Å². The van der Waals surface area contributed by atoms with E-state index in [2.05, 4.69) is 11.4 Å². The maximum atomic E-state index is 5.64. The summed E-state index contributed by atoms with van der Waals surface area (Å²) < 4.78 is 4.92. The SMILES string of the molecule is COCCNCc1cccc(N)c1. The van der Waals surface area contributed by atoms with E-state index in [1.165, 1.54) is 5.56 Å². The van der Waals surface area contributed by atoms with Crippen molar-refractivity contribution in [3.05, 3.63) is 29.8 Å². The minimum absolute atomic E-state index is 0.738. The number of nitrogens with one attached hydrogen (secondary N) is 1. The quantitative estimate of drug-likeness (QED) is 0.525. The maximum Gasteiger partial charge on any atom is 0.0587 e. The summed E-state index contributed by atoms with van der Waals surface area (Å²) in [7, 11) is 1.70. The van der Waals surface area contributed by atoms with Crippen LogP contribution in [0.2, 0.25) is 0 Å². The second kappa shape index (κ2) is 5.56. The molecule has 0 amide bonds. The van der Waals surface area contributed by atoms with Crippen molar-refractivity contribution >= 4 is 5.69 Å². The molecule has 13 heavy (non-hydrogen) atoms. The lowest BCUT2D eigenvalue weighted by Gasteiger charge is -2.04. The van der Waals surface area contributed by atoms with E-state index in [1.807, 2.05) is 18.2 Å². The first-order valence-corrected chi connectivity index (χ1v) is 4.37. The number of ether oxygens (including phenoxy) is 1. The molecule has 0 fully saturated rings. The zero-order valence-corrected chi connectivity index (χ0v) is 7.92. The first kappa shape index (κ1) is 10.0. The second-order valence-corrected chi connectivity index (χ2v) is 2.91. The molecule has 0 atom stereocenters. The van der Waals surface area contributed by atoms with Crippen LogP contribution in [0.15, 0.2) is 24.3 Å². The molecule has 72 valence electrons. The first-order chi connectivity index (χ1) is 6.33. The zero-order chi connectivity index (χ0) is 9.52. The van der Waals surface area contributed by atoms with Gasteiger partial charge in [-0.25, -0.2) is 0 Å². The Balaban J connectivity index is 2.28. The van der Waals surface area contributed by atoms with Crippen molar-refractivity contribution in [2.24, 2.45) is 0 Å². The van der Waals surface area contributed by atoms with E-state index in [0.717, 1.165) is 25.4 Å². The Hall–Kier alpha value is -1.06. The van der Waals surface area contributed by atoms with Crippen LogP contribution in [0.5, 0.6) is 0 Å². The molecular formula is C10H16N2O. The number of hydrogen-bond acceptors (Lipinski definition) is 3. The molecule has 0 heterocycles. The standard InChI is InChI=1S/C10H16N2O/c1-13-6-5-12-8-9-3-2-4-10(11)7-9/h2-4,7,12H,5-6,8,11H2,1H3. The monoisotopic (exact) mass is 180 g/mol. The Labute approximate surface area is 78.9 Å². The normalized spacial score (nSPS) is 10.2. The summed E-state index contributed by atoms with van der Waals surface area (Å²) >= 11 is 0. The molecule has 3 N–H and O–H groups in total. The molecule has 3 nitrogen and oxygen atoms in total. The summed E-state index contributed by atoms with van der Waals surface area (Å²) in [6.07, 6.45) is 0.